The normalized spacial score (nSPS) is 18.0. The molecule has 4 rings (SSSR count). The van der Waals surface area contributed by atoms with Gasteiger partial charge >= 0.3 is 12.1 Å². The van der Waals surface area contributed by atoms with E-state index in [9.17, 15) is 14.4 Å². The van der Waals surface area contributed by atoms with E-state index in [0.29, 0.717) is 18.3 Å². The van der Waals surface area contributed by atoms with E-state index in [4.69, 9.17) is 9.84 Å². The van der Waals surface area contributed by atoms with Crippen molar-refractivity contribution in [1.29, 1.82) is 0 Å². The van der Waals surface area contributed by atoms with Gasteiger partial charge in [-0.05, 0) is 35.1 Å². The molecule has 2 aromatic carbocycles. The summed E-state index contributed by atoms with van der Waals surface area (Å²) in [7, 11) is 0. The second kappa shape index (κ2) is 11.0. The van der Waals surface area contributed by atoms with Gasteiger partial charge in [0.05, 0.1) is 0 Å². The Kier molecular flexibility index (Phi) is 7.77. The van der Waals surface area contributed by atoms with E-state index >= 15 is 0 Å². The predicted molar refractivity (Wildman–Crippen MR) is 132 cm³/mol. The number of hydrogen-bond donors (Lipinski definition) is 2. The minimum absolute atomic E-state index is 0.0266. The molecular formula is C26H30N2O5S. The number of thioether (sulfide) groups is 1. The molecule has 0 radical (unpaired) electrons. The SMILES string of the molecule is CCC1CN(C(=O)C(CCC(=O)O)NC(=O)OCC2c3ccccc3-c3ccccc32)CCS1. The molecular weight excluding hydrogens is 452 g/mol. The molecule has 34 heavy (non-hydrogen) atoms. The van der Waals surface area contributed by atoms with Crippen LogP contribution in [0.5, 0.6) is 0 Å². The molecule has 1 fully saturated rings. The fourth-order valence-corrected chi connectivity index (χ4v) is 5.87. The molecule has 1 aliphatic carbocycles. The average Bonchev–Trinajstić information content (AvgIpc) is 3.18. The predicted octanol–water partition coefficient (Wildman–Crippen LogP) is 4.11. The van der Waals surface area contributed by atoms with Crippen molar-refractivity contribution in [3.8, 4) is 11.1 Å². The number of rotatable bonds is 8. The van der Waals surface area contributed by atoms with Gasteiger partial charge in [-0.2, -0.15) is 11.8 Å². The molecule has 0 aromatic heterocycles. The summed E-state index contributed by atoms with van der Waals surface area (Å²) in [5.41, 5.74) is 4.47. The van der Waals surface area contributed by atoms with Crippen LogP contribution in [-0.4, -0.2) is 64.7 Å². The molecule has 8 heteroatoms. The molecule has 0 bridgehead atoms. The summed E-state index contributed by atoms with van der Waals surface area (Å²) in [6.07, 6.45) is 0.0659. The quantitative estimate of drug-likeness (QED) is 0.588. The maximum Gasteiger partial charge on any atom is 0.407 e. The van der Waals surface area contributed by atoms with Crippen molar-refractivity contribution >= 4 is 29.7 Å². The number of carbonyl (C=O) groups is 3. The molecule has 1 heterocycles. The van der Waals surface area contributed by atoms with Crippen molar-refractivity contribution in [2.45, 2.75) is 43.4 Å². The number of alkyl carbamates (subject to hydrolysis) is 1. The number of nitrogens with one attached hydrogen (secondary N) is 1. The summed E-state index contributed by atoms with van der Waals surface area (Å²) < 4.78 is 5.58. The van der Waals surface area contributed by atoms with Crippen LogP contribution in [0.3, 0.4) is 0 Å². The van der Waals surface area contributed by atoms with Gasteiger partial charge in [0, 0.05) is 36.4 Å². The standard InChI is InChI=1S/C26H30N2O5S/c1-2-17-15-28(13-14-34-17)25(31)23(11-12-24(29)30)27-26(32)33-16-22-20-9-5-3-7-18(20)19-8-4-6-10-21(19)22/h3-10,17,22-23H,2,11-16H2,1H3,(H,27,32)(H,29,30). The molecule has 2 aromatic rings. The van der Waals surface area contributed by atoms with Crippen LogP contribution in [0.4, 0.5) is 4.79 Å². The van der Waals surface area contributed by atoms with Gasteiger partial charge in [0.2, 0.25) is 5.91 Å². The van der Waals surface area contributed by atoms with Crippen molar-refractivity contribution in [3.05, 3.63) is 59.7 Å². The topological polar surface area (TPSA) is 95.9 Å². The molecule has 1 aliphatic heterocycles. The van der Waals surface area contributed by atoms with Crippen LogP contribution in [0.25, 0.3) is 11.1 Å². The summed E-state index contributed by atoms with van der Waals surface area (Å²) in [6, 6.07) is 15.2. The highest BCUT2D eigenvalue weighted by atomic mass is 32.2. The largest absolute Gasteiger partial charge is 0.481 e. The van der Waals surface area contributed by atoms with E-state index in [1.807, 2.05) is 48.2 Å². The first-order chi connectivity index (χ1) is 16.5. The molecule has 2 amide bonds. The van der Waals surface area contributed by atoms with Crippen LogP contribution in [0.15, 0.2) is 48.5 Å². The smallest absolute Gasteiger partial charge is 0.407 e. The minimum atomic E-state index is -1.01. The maximum atomic E-state index is 13.1. The van der Waals surface area contributed by atoms with Crippen LogP contribution in [-0.2, 0) is 14.3 Å². The Bertz CT molecular complexity index is 1010. The number of carbonyl (C=O) groups excluding carboxylic acids is 2. The van der Waals surface area contributed by atoms with E-state index in [0.717, 1.165) is 34.4 Å². The Morgan fingerprint density at radius 2 is 1.76 bits per heavy atom. The first-order valence-electron chi connectivity index (χ1n) is 11.7. The van der Waals surface area contributed by atoms with Gasteiger partial charge in [0.15, 0.2) is 0 Å². The van der Waals surface area contributed by atoms with Crippen LogP contribution in [0, 0.1) is 0 Å². The number of benzene rings is 2. The van der Waals surface area contributed by atoms with Crippen molar-refractivity contribution < 1.29 is 24.2 Å². The lowest BCUT2D eigenvalue weighted by molar-refractivity contribution is -0.138. The zero-order valence-electron chi connectivity index (χ0n) is 19.2. The van der Waals surface area contributed by atoms with E-state index in [1.165, 1.54) is 0 Å². The van der Waals surface area contributed by atoms with Crippen molar-refractivity contribution in [3.63, 3.8) is 0 Å². The molecule has 2 aliphatic rings. The lowest BCUT2D eigenvalue weighted by Gasteiger charge is -2.34. The number of nitrogens with zero attached hydrogens (tertiary/aromatic N) is 1. The number of carboxylic acids is 1. The highest BCUT2D eigenvalue weighted by Crippen LogP contribution is 2.44. The third-order valence-corrected chi connectivity index (χ3v) is 7.86. The fraction of sp³-hybridized carbons (Fsp3) is 0.423. The third kappa shape index (κ3) is 5.38. The van der Waals surface area contributed by atoms with E-state index in [-0.39, 0.29) is 31.3 Å². The minimum Gasteiger partial charge on any atom is -0.481 e. The van der Waals surface area contributed by atoms with Crippen molar-refractivity contribution in [2.24, 2.45) is 0 Å². The van der Waals surface area contributed by atoms with Crippen LogP contribution >= 0.6 is 11.8 Å². The van der Waals surface area contributed by atoms with Gasteiger partial charge in [-0.15, -0.1) is 0 Å². The highest BCUT2D eigenvalue weighted by molar-refractivity contribution is 8.00. The lowest BCUT2D eigenvalue weighted by Crippen LogP contribution is -2.52. The first-order valence-corrected chi connectivity index (χ1v) is 12.8. The summed E-state index contributed by atoms with van der Waals surface area (Å²) >= 11 is 1.84. The Morgan fingerprint density at radius 3 is 2.38 bits per heavy atom. The molecule has 7 nitrogen and oxygen atoms in total. The maximum absolute atomic E-state index is 13.1. The average molecular weight is 483 g/mol. The number of hydrogen-bond acceptors (Lipinski definition) is 5. The Balaban J connectivity index is 1.42. The van der Waals surface area contributed by atoms with E-state index in [2.05, 4.69) is 24.4 Å². The van der Waals surface area contributed by atoms with Gasteiger partial charge in [0.25, 0.3) is 0 Å². The molecule has 2 N–H and O–H groups in total. The molecule has 2 atom stereocenters. The van der Waals surface area contributed by atoms with Gasteiger partial charge in [-0.3, -0.25) is 9.59 Å². The van der Waals surface area contributed by atoms with Crippen LogP contribution in [0.1, 0.15) is 43.2 Å². The summed E-state index contributed by atoms with van der Waals surface area (Å²) in [5, 5.41) is 12.1. The summed E-state index contributed by atoms with van der Waals surface area (Å²) in [4.78, 5) is 38.8. The zero-order valence-corrected chi connectivity index (χ0v) is 20.1. The molecule has 0 saturated carbocycles. The second-order valence-corrected chi connectivity index (χ2v) is 10.0. The second-order valence-electron chi connectivity index (χ2n) is 8.64. The zero-order chi connectivity index (χ0) is 24.1. The fourth-order valence-electron chi connectivity index (χ4n) is 4.69. The number of carboxylic acid groups (broad SMARTS) is 1. The number of fused-ring (bicyclic) bond motifs is 3. The van der Waals surface area contributed by atoms with E-state index in [1.54, 1.807) is 4.90 Å². The van der Waals surface area contributed by atoms with E-state index < -0.39 is 18.1 Å². The summed E-state index contributed by atoms with van der Waals surface area (Å²) in [5.74, 6) is -0.502. The molecule has 1 saturated heterocycles. The lowest BCUT2D eigenvalue weighted by atomic mass is 9.98. The molecule has 0 spiro atoms. The highest BCUT2D eigenvalue weighted by Gasteiger charge is 2.32. The third-order valence-electron chi connectivity index (χ3n) is 6.49. The molecule has 180 valence electrons. The Hall–Kier alpha value is -3.00. The van der Waals surface area contributed by atoms with Gasteiger partial charge in [0.1, 0.15) is 12.6 Å². The first kappa shape index (κ1) is 24.1. The molecule has 2 unspecified atom stereocenters. The monoisotopic (exact) mass is 482 g/mol. The van der Waals surface area contributed by atoms with Gasteiger partial charge in [-0.1, -0.05) is 55.5 Å². The van der Waals surface area contributed by atoms with Crippen LogP contribution in [0.2, 0.25) is 0 Å². The van der Waals surface area contributed by atoms with Crippen LogP contribution < -0.4 is 5.32 Å². The number of aliphatic carboxylic acids is 1. The van der Waals surface area contributed by atoms with Crippen molar-refractivity contribution in [1.82, 2.24) is 10.2 Å². The number of amides is 2. The van der Waals surface area contributed by atoms with Gasteiger partial charge < -0.3 is 20.1 Å². The van der Waals surface area contributed by atoms with Gasteiger partial charge in [-0.25, -0.2) is 4.79 Å². The van der Waals surface area contributed by atoms with Crippen molar-refractivity contribution in [2.75, 3.05) is 25.4 Å². The summed E-state index contributed by atoms with van der Waals surface area (Å²) in [6.45, 7) is 3.42. The Labute approximate surface area is 203 Å². The number of ether oxygens (including phenoxy) is 1. The Morgan fingerprint density at radius 1 is 1.12 bits per heavy atom.